The smallest absolute Gasteiger partial charge is 0.259 e. The number of hydrogen-bond donors (Lipinski definition) is 3. The molecule has 0 radical (unpaired) electrons. The molecule has 1 heterocycles. The van der Waals surface area contributed by atoms with Gasteiger partial charge in [0.15, 0.2) is 0 Å². The van der Waals surface area contributed by atoms with Gasteiger partial charge in [0.1, 0.15) is 17.8 Å². The number of carbonyl (C=O) groups excluding carboxylic acids is 1. The van der Waals surface area contributed by atoms with Gasteiger partial charge in [-0.1, -0.05) is 0 Å². The van der Waals surface area contributed by atoms with Gasteiger partial charge in [0.05, 0.1) is 23.6 Å². The van der Waals surface area contributed by atoms with Gasteiger partial charge < -0.3 is 15.5 Å². The van der Waals surface area contributed by atoms with E-state index in [0.717, 1.165) is 6.07 Å². The van der Waals surface area contributed by atoms with Crippen LogP contribution in [-0.4, -0.2) is 26.1 Å². The molecule has 1 aromatic carbocycles. The maximum absolute atomic E-state index is 11.7. The zero-order chi connectivity index (χ0) is 12.3. The van der Waals surface area contributed by atoms with Crippen LogP contribution in [0.1, 0.15) is 10.4 Å². The number of benzene rings is 1. The fourth-order valence-electron chi connectivity index (χ4n) is 1.27. The van der Waals surface area contributed by atoms with Crippen molar-refractivity contribution in [2.45, 2.75) is 0 Å². The van der Waals surface area contributed by atoms with Crippen molar-refractivity contribution in [3.05, 3.63) is 42.5 Å². The minimum absolute atomic E-state index is 0.0617. The van der Waals surface area contributed by atoms with Gasteiger partial charge >= 0.3 is 0 Å². The second kappa shape index (κ2) is 4.48. The number of phenols is 2. The molecule has 0 saturated heterocycles. The van der Waals surface area contributed by atoms with Gasteiger partial charge in [-0.3, -0.25) is 4.79 Å². The lowest BCUT2D eigenvalue weighted by Gasteiger charge is -2.06. The van der Waals surface area contributed by atoms with Crippen molar-refractivity contribution >= 4 is 11.6 Å². The summed E-state index contributed by atoms with van der Waals surface area (Å²) >= 11 is 0. The first-order valence-electron chi connectivity index (χ1n) is 4.75. The first-order chi connectivity index (χ1) is 8.16. The third-order valence-corrected chi connectivity index (χ3v) is 2.04. The van der Waals surface area contributed by atoms with E-state index in [1.54, 1.807) is 0 Å². The van der Waals surface area contributed by atoms with E-state index in [1.165, 1.54) is 30.9 Å². The molecule has 0 fully saturated rings. The summed E-state index contributed by atoms with van der Waals surface area (Å²) in [7, 11) is 0. The maximum Gasteiger partial charge on any atom is 0.259 e. The van der Waals surface area contributed by atoms with Crippen LogP contribution in [0.15, 0.2) is 36.9 Å². The van der Waals surface area contributed by atoms with Crippen LogP contribution in [0, 0.1) is 0 Å². The van der Waals surface area contributed by atoms with Crippen LogP contribution in [-0.2, 0) is 0 Å². The zero-order valence-electron chi connectivity index (χ0n) is 8.66. The summed E-state index contributed by atoms with van der Waals surface area (Å²) in [6.45, 7) is 0. The number of amides is 1. The Balaban J connectivity index is 2.21. The Morgan fingerprint density at radius 3 is 2.53 bits per heavy atom. The number of hydrogen-bond acceptors (Lipinski definition) is 5. The van der Waals surface area contributed by atoms with Crippen LogP contribution in [0.5, 0.6) is 11.5 Å². The molecule has 0 atom stereocenters. The van der Waals surface area contributed by atoms with E-state index in [1.807, 2.05) is 0 Å². The molecule has 0 aliphatic heterocycles. The number of aromatic nitrogens is 2. The highest BCUT2D eigenvalue weighted by atomic mass is 16.3. The largest absolute Gasteiger partial charge is 0.508 e. The van der Waals surface area contributed by atoms with E-state index >= 15 is 0 Å². The fraction of sp³-hybridized carbons (Fsp3) is 0. The Hall–Kier alpha value is -2.63. The number of carbonyl (C=O) groups is 1. The lowest BCUT2D eigenvalue weighted by atomic mass is 10.2. The Morgan fingerprint density at radius 2 is 1.88 bits per heavy atom. The lowest BCUT2D eigenvalue weighted by molar-refractivity contribution is 0.102. The summed E-state index contributed by atoms with van der Waals surface area (Å²) in [5.41, 5.74) is 0.483. The van der Waals surface area contributed by atoms with Crippen molar-refractivity contribution in [1.82, 2.24) is 9.97 Å². The van der Waals surface area contributed by atoms with Crippen molar-refractivity contribution in [2.75, 3.05) is 5.32 Å². The fourth-order valence-corrected chi connectivity index (χ4v) is 1.27. The topological polar surface area (TPSA) is 95.3 Å². The molecule has 1 amide bonds. The maximum atomic E-state index is 11.7. The van der Waals surface area contributed by atoms with Crippen molar-refractivity contribution in [3.8, 4) is 11.5 Å². The van der Waals surface area contributed by atoms with Crippen LogP contribution in [0.3, 0.4) is 0 Å². The molecule has 0 bridgehead atoms. The number of nitrogens with zero attached hydrogens (tertiary/aromatic N) is 2. The molecule has 6 heteroatoms. The quantitative estimate of drug-likeness (QED) is 0.720. The second-order valence-electron chi connectivity index (χ2n) is 3.28. The molecule has 2 aromatic rings. The minimum Gasteiger partial charge on any atom is -0.508 e. The zero-order valence-corrected chi connectivity index (χ0v) is 8.66. The van der Waals surface area contributed by atoms with Gasteiger partial charge in [0.25, 0.3) is 5.91 Å². The predicted molar refractivity (Wildman–Crippen MR) is 59.8 cm³/mol. The van der Waals surface area contributed by atoms with E-state index < -0.39 is 5.91 Å². The molecule has 17 heavy (non-hydrogen) atoms. The Bertz CT molecular complexity index is 543. The number of phenolic OH excluding ortho intramolecular Hbond substituents is 2. The standard InChI is InChI=1S/C11H9N3O3/c15-8-1-2-9(10(16)3-8)11(17)14-7-4-12-6-13-5-7/h1-6,15-16H,(H,14,17). The molecular formula is C11H9N3O3. The van der Waals surface area contributed by atoms with Gasteiger partial charge in [-0.15, -0.1) is 0 Å². The molecule has 1 aromatic heterocycles. The van der Waals surface area contributed by atoms with Gasteiger partial charge in [-0.2, -0.15) is 0 Å². The minimum atomic E-state index is -0.502. The molecule has 2 rings (SSSR count). The molecular weight excluding hydrogens is 222 g/mol. The summed E-state index contributed by atoms with van der Waals surface area (Å²) in [5, 5.41) is 21.1. The number of nitrogens with one attached hydrogen (secondary N) is 1. The van der Waals surface area contributed by atoms with Crippen molar-refractivity contribution in [1.29, 1.82) is 0 Å². The van der Waals surface area contributed by atoms with Crippen LogP contribution >= 0.6 is 0 Å². The highest BCUT2D eigenvalue weighted by molar-refractivity contribution is 6.06. The summed E-state index contributed by atoms with van der Waals surface area (Å²) < 4.78 is 0. The molecule has 3 N–H and O–H groups in total. The molecule has 6 nitrogen and oxygen atoms in total. The highest BCUT2D eigenvalue weighted by Gasteiger charge is 2.11. The first-order valence-corrected chi connectivity index (χ1v) is 4.75. The average Bonchev–Trinajstić information content (AvgIpc) is 2.30. The van der Waals surface area contributed by atoms with Gasteiger partial charge in [0.2, 0.25) is 0 Å². The van der Waals surface area contributed by atoms with Crippen LogP contribution in [0.25, 0.3) is 0 Å². The SMILES string of the molecule is O=C(Nc1cncnc1)c1ccc(O)cc1O. The number of rotatable bonds is 2. The second-order valence-corrected chi connectivity index (χ2v) is 3.28. The van der Waals surface area contributed by atoms with Crippen LogP contribution in [0.2, 0.25) is 0 Å². The third kappa shape index (κ3) is 2.49. The normalized spacial score (nSPS) is 9.88. The molecule has 0 aliphatic carbocycles. The van der Waals surface area contributed by atoms with E-state index in [4.69, 9.17) is 5.11 Å². The Labute approximate surface area is 96.6 Å². The van der Waals surface area contributed by atoms with Crippen molar-refractivity contribution in [3.63, 3.8) is 0 Å². The molecule has 0 aliphatic rings. The van der Waals surface area contributed by atoms with E-state index in [-0.39, 0.29) is 17.1 Å². The Kier molecular flexibility index (Phi) is 2.87. The van der Waals surface area contributed by atoms with E-state index in [2.05, 4.69) is 15.3 Å². The van der Waals surface area contributed by atoms with Crippen molar-refractivity contribution < 1.29 is 15.0 Å². The molecule has 0 unspecified atom stereocenters. The molecule has 86 valence electrons. The highest BCUT2D eigenvalue weighted by Crippen LogP contribution is 2.23. The average molecular weight is 231 g/mol. The van der Waals surface area contributed by atoms with Gasteiger partial charge in [0, 0.05) is 6.07 Å². The monoisotopic (exact) mass is 231 g/mol. The summed E-state index contributed by atoms with van der Waals surface area (Å²) in [5.74, 6) is -0.904. The number of aromatic hydroxyl groups is 2. The summed E-state index contributed by atoms with van der Waals surface area (Å²) in [4.78, 5) is 19.2. The van der Waals surface area contributed by atoms with E-state index in [0.29, 0.717) is 5.69 Å². The summed E-state index contributed by atoms with van der Waals surface area (Å²) in [6, 6.07) is 3.73. The van der Waals surface area contributed by atoms with Gasteiger partial charge in [-0.25, -0.2) is 9.97 Å². The number of anilines is 1. The van der Waals surface area contributed by atoms with Crippen LogP contribution < -0.4 is 5.32 Å². The summed E-state index contributed by atoms with van der Waals surface area (Å²) in [6.07, 6.45) is 4.21. The molecule has 0 spiro atoms. The van der Waals surface area contributed by atoms with Gasteiger partial charge in [-0.05, 0) is 12.1 Å². The lowest BCUT2D eigenvalue weighted by Crippen LogP contribution is -2.12. The predicted octanol–water partition coefficient (Wildman–Crippen LogP) is 1.14. The van der Waals surface area contributed by atoms with Crippen LogP contribution in [0.4, 0.5) is 5.69 Å². The van der Waals surface area contributed by atoms with Crippen molar-refractivity contribution in [2.24, 2.45) is 0 Å². The third-order valence-electron chi connectivity index (χ3n) is 2.04. The van der Waals surface area contributed by atoms with E-state index in [9.17, 15) is 9.90 Å². The molecule has 0 saturated carbocycles. The Morgan fingerprint density at radius 1 is 1.18 bits per heavy atom. The first kappa shape index (κ1) is 10.9.